The van der Waals surface area contributed by atoms with E-state index in [4.69, 9.17) is 0 Å². The molecule has 6 nitrogen and oxygen atoms in total. The number of carbonyl (C=O) groups is 1. The molecule has 1 N–H and O–H groups in total. The van der Waals surface area contributed by atoms with Gasteiger partial charge in [0, 0.05) is 29.6 Å². The summed E-state index contributed by atoms with van der Waals surface area (Å²) in [5, 5.41) is 5.24. The number of hydrogen-bond donors (Lipinski definition) is 1. The minimum absolute atomic E-state index is 0.226. The van der Waals surface area contributed by atoms with Gasteiger partial charge in [-0.05, 0) is 49.1 Å². The van der Waals surface area contributed by atoms with Crippen molar-refractivity contribution in [3.05, 3.63) is 65.0 Å². The molecule has 0 bridgehead atoms. The fourth-order valence-electron chi connectivity index (χ4n) is 3.97. The topological polar surface area (TPSA) is 79.4 Å². The van der Waals surface area contributed by atoms with Crippen LogP contribution in [0.3, 0.4) is 0 Å². The van der Waals surface area contributed by atoms with Crippen molar-refractivity contribution >= 4 is 32.4 Å². The molecule has 0 atom stereocenters. The number of rotatable bonds is 7. The lowest BCUT2D eigenvalue weighted by atomic mass is 10.1. The van der Waals surface area contributed by atoms with E-state index in [-0.39, 0.29) is 10.8 Å². The largest absolute Gasteiger partial charge is 0.298 e. The summed E-state index contributed by atoms with van der Waals surface area (Å²) in [6.07, 6.45) is 6.06. The van der Waals surface area contributed by atoms with Crippen LogP contribution in [0.25, 0.3) is 11.3 Å². The molecular formula is C25H29N3O3S2. The van der Waals surface area contributed by atoms with Gasteiger partial charge in [-0.2, -0.15) is 4.31 Å². The summed E-state index contributed by atoms with van der Waals surface area (Å²) in [5.41, 5.74) is 3.52. The molecule has 1 aliphatic rings. The summed E-state index contributed by atoms with van der Waals surface area (Å²) in [5.74, 6) is -0.312. The highest BCUT2D eigenvalue weighted by molar-refractivity contribution is 7.89. The summed E-state index contributed by atoms with van der Waals surface area (Å²) in [4.78, 5) is 17.4. The zero-order chi connectivity index (χ0) is 23.3. The van der Waals surface area contributed by atoms with Crippen LogP contribution in [0.2, 0.25) is 0 Å². The average Bonchev–Trinajstić information content (AvgIpc) is 3.10. The molecule has 0 aliphatic carbocycles. The van der Waals surface area contributed by atoms with Crippen molar-refractivity contribution in [2.24, 2.45) is 0 Å². The first-order valence-electron chi connectivity index (χ1n) is 11.4. The Morgan fingerprint density at radius 3 is 2.30 bits per heavy atom. The van der Waals surface area contributed by atoms with Crippen molar-refractivity contribution in [2.75, 3.05) is 18.4 Å². The summed E-state index contributed by atoms with van der Waals surface area (Å²) in [6.45, 7) is 3.27. The van der Waals surface area contributed by atoms with Crippen LogP contribution in [-0.4, -0.2) is 36.7 Å². The Morgan fingerprint density at radius 1 is 1.00 bits per heavy atom. The van der Waals surface area contributed by atoms with E-state index in [1.54, 1.807) is 16.4 Å². The monoisotopic (exact) mass is 483 g/mol. The quantitative estimate of drug-likeness (QED) is 0.476. The molecule has 1 saturated heterocycles. The molecule has 0 unspecified atom stereocenters. The Morgan fingerprint density at radius 2 is 1.67 bits per heavy atom. The molecule has 1 fully saturated rings. The van der Waals surface area contributed by atoms with Crippen molar-refractivity contribution in [2.45, 2.75) is 50.3 Å². The first-order valence-corrected chi connectivity index (χ1v) is 13.8. The first-order chi connectivity index (χ1) is 16.0. The Bertz CT molecular complexity index is 1180. The Balaban J connectivity index is 1.42. The second kappa shape index (κ2) is 10.6. The van der Waals surface area contributed by atoms with Crippen LogP contribution >= 0.6 is 11.3 Å². The van der Waals surface area contributed by atoms with Crippen LogP contribution in [0.4, 0.5) is 5.13 Å². The lowest BCUT2D eigenvalue weighted by Crippen LogP contribution is -2.31. The van der Waals surface area contributed by atoms with Crippen LogP contribution in [0.15, 0.2) is 58.8 Å². The predicted molar refractivity (Wildman–Crippen MR) is 133 cm³/mol. The molecule has 1 amide bonds. The molecule has 8 heteroatoms. The maximum atomic E-state index is 12.9. The molecule has 0 spiro atoms. The number of anilines is 1. The van der Waals surface area contributed by atoms with Crippen molar-refractivity contribution < 1.29 is 13.2 Å². The van der Waals surface area contributed by atoms with Gasteiger partial charge in [-0.25, -0.2) is 13.4 Å². The van der Waals surface area contributed by atoms with Gasteiger partial charge in [0.1, 0.15) is 0 Å². The second-order valence-corrected chi connectivity index (χ2v) is 11.1. The van der Waals surface area contributed by atoms with Crippen molar-refractivity contribution in [1.29, 1.82) is 0 Å². The minimum Gasteiger partial charge on any atom is -0.298 e. The van der Waals surface area contributed by atoms with Crippen molar-refractivity contribution in [3.8, 4) is 11.3 Å². The number of amides is 1. The summed E-state index contributed by atoms with van der Waals surface area (Å²) >= 11 is 1.36. The maximum absolute atomic E-state index is 12.9. The number of carbonyl (C=O) groups excluding carboxylic acids is 1. The molecule has 33 heavy (non-hydrogen) atoms. The zero-order valence-electron chi connectivity index (χ0n) is 18.8. The molecule has 4 rings (SSSR count). The smallest absolute Gasteiger partial charge is 0.257 e. The van der Waals surface area contributed by atoms with Crippen molar-refractivity contribution in [3.63, 3.8) is 0 Å². The third-order valence-electron chi connectivity index (χ3n) is 5.83. The molecule has 0 saturated carbocycles. The van der Waals surface area contributed by atoms with E-state index in [1.165, 1.54) is 29.0 Å². The average molecular weight is 484 g/mol. The standard InChI is InChI=1S/C25H29N3O3S2/c1-2-7-19-8-10-20(11-9-19)23-18-32-25(26-23)27-24(29)21-12-14-22(15-13-21)33(30,31)28-16-5-3-4-6-17-28/h8-15,18H,2-7,16-17H2,1H3,(H,26,27,29). The Hall–Kier alpha value is -2.55. The van der Waals surface area contributed by atoms with Crippen LogP contribution in [0.5, 0.6) is 0 Å². The summed E-state index contributed by atoms with van der Waals surface area (Å²) in [6, 6.07) is 14.5. The Labute approximate surface area is 199 Å². The molecule has 3 aromatic rings. The molecular weight excluding hydrogens is 454 g/mol. The van der Waals surface area contributed by atoms with E-state index in [2.05, 4.69) is 41.5 Å². The number of aromatic nitrogens is 1. The molecule has 1 aromatic heterocycles. The van der Waals surface area contributed by atoms with Gasteiger partial charge < -0.3 is 0 Å². The number of thiazole rings is 1. The number of benzene rings is 2. The van der Waals surface area contributed by atoms with Crippen LogP contribution in [0.1, 0.15) is 54.9 Å². The highest BCUT2D eigenvalue weighted by atomic mass is 32.2. The van der Waals surface area contributed by atoms with Crippen LogP contribution < -0.4 is 5.32 Å². The fraction of sp³-hybridized carbons (Fsp3) is 0.360. The highest BCUT2D eigenvalue weighted by Gasteiger charge is 2.25. The van der Waals surface area contributed by atoms with Gasteiger partial charge in [0.05, 0.1) is 10.6 Å². The van der Waals surface area contributed by atoms with E-state index < -0.39 is 10.0 Å². The lowest BCUT2D eigenvalue weighted by molar-refractivity contribution is 0.102. The molecule has 2 aromatic carbocycles. The van der Waals surface area contributed by atoms with E-state index in [0.29, 0.717) is 23.8 Å². The lowest BCUT2D eigenvalue weighted by Gasteiger charge is -2.20. The van der Waals surface area contributed by atoms with E-state index >= 15 is 0 Å². The molecule has 2 heterocycles. The van der Waals surface area contributed by atoms with Gasteiger partial charge in [-0.1, -0.05) is 50.5 Å². The van der Waals surface area contributed by atoms with Gasteiger partial charge in [0.2, 0.25) is 10.0 Å². The number of aryl methyl sites for hydroxylation is 1. The first kappa shape index (κ1) is 23.6. The number of hydrogen-bond acceptors (Lipinski definition) is 5. The third kappa shape index (κ3) is 5.69. The van der Waals surface area contributed by atoms with Crippen molar-refractivity contribution in [1.82, 2.24) is 9.29 Å². The zero-order valence-corrected chi connectivity index (χ0v) is 20.4. The van der Waals surface area contributed by atoms with Gasteiger partial charge in [0.15, 0.2) is 5.13 Å². The van der Waals surface area contributed by atoms with Crippen LogP contribution in [0, 0.1) is 0 Å². The highest BCUT2D eigenvalue weighted by Crippen LogP contribution is 2.26. The normalized spacial score (nSPS) is 15.2. The van der Waals surface area contributed by atoms with Gasteiger partial charge in [0.25, 0.3) is 5.91 Å². The summed E-state index contributed by atoms with van der Waals surface area (Å²) in [7, 11) is -3.53. The number of nitrogens with zero attached hydrogens (tertiary/aromatic N) is 2. The van der Waals surface area contributed by atoms with Gasteiger partial charge >= 0.3 is 0 Å². The van der Waals surface area contributed by atoms with Crippen LogP contribution in [-0.2, 0) is 16.4 Å². The van der Waals surface area contributed by atoms with Gasteiger partial charge in [-0.3, -0.25) is 10.1 Å². The van der Waals surface area contributed by atoms with Gasteiger partial charge in [-0.15, -0.1) is 11.3 Å². The van der Waals surface area contributed by atoms with E-state index in [0.717, 1.165) is 49.8 Å². The number of nitrogens with one attached hydrogen (secondary N) is 1. The molecule has 174 valence electrons. The summed E-state index contributed by atoms with van der Waals surface area (Å²) < 4.78 is 27.4. The fourth-order valence-corrected chi connectivity index (χ4v) is 6.21. The van der Waals surface area contributed by atoms with E-state index in [9.17, 15) is 13.2 Å². The second-order valence-electron chi connectivity index (χ2n) is 8.28. The third-order valence-corrected chi connectivity index (χ3v) is 8.50. The molecule has 0 radical (unpaired) electrons. The minimum atomic E-state index is -3.53. The Kier molecular flexibility index (Phi) is 7.57. The predicted octanol–water partition coefficient (Wildman–Crippen LogP) is 5.58. The molecule has 1 aliphatic heterocycles. The maximum Gasteiger partial charge on any atom is 0.257 e. The number of sulfonamides is 1. The SMILES string of the molecule is CCCc1ccc(-c2csc(NC(=O)c3ccc(S(=O)(=O)N4CCCCCC4)cc3)n2)cc1. The van der Waals surface area contributed by atoms with E-state index in [1.807, 2.05) is 5.38 Å².